The summed E-state index contributed by atoms with van der Waals surface area (Å²) in [6.45, 7) is 0. The Bertz CT molecular complexity index is 1380. The Balaban J connectivity index is 1.42. The highest BCUT2D eigenvalue weighted by atomic mass is 35.5. The maximum atomic E-state index is 12.5. The van der Waals surface area contributed by atoms with Gasteiger partial charge in [0.1, 0.15) is 16.8 Å². The number of benzene rings is 3. The van der Waals surface area contributed by atoms with E-state index in [9.17, 15) is 9.59 Å². The van der Waals surface area contributed by atoms with E-state index in [1.165, 1.54) is 7.11 Å². The van der Waals surface area contributed by atoms with Gasteiger partial charge in [-0.2, -0.15) is 8.75 Å². The number of hydrogen-bond acceptors (Lipinski definition) is 7. The minimum Gasteiger partial charge on any atom is -0.494 e. The number of amides is 2. The number of carbonyl (C=O) groups is 2. The molecule has 0 spiro atoms. The largest absolute Gasteiger partial charge is 0.494 e. The summed E-state index contributed by atoms with van der Waals surface area (Å²) in [6.07, 6.45) is 0. The van der Waals surface area contributed by atoms with Crippen LogP contribution in [0.5, 0.6) is 5.75 Å². The van der Waals surface area contributed by atoms with Crippen molar-refractivity contribution in [2.75, 3.05) is 17.7 Å². The van der Waals surface area contributed by atoms with Crippen LogP contribution >= 0.6 is 35.5 Å². The van der Waals surface area contributed by atoms with E-state index in [0.717, 1.165) is 17.2 Å². The number of rotatable bonds is 5. The van der Waals surface area contributed by atoms with Gasteiger partial charge in [0.2, 0.25) is 0 Å². The standard InChI is InChI=1S/C22H16ClN5O3S2/c1-31-19-11-13(7-9-17(19)25-21(30)14-4-2-3-5-15(14)23)24-22(32)26-20(29)12-6-8-16-18(10-12)28-33-27-16/h2-11H,1H3,(H,25,30)(H2,24,26,29,32). The molecule has 0 saturated heterocycles. The van der Waals surface area contributed by atoms with Crippen LogP contribution in [0.25, 0.3) is 11.0 Å². The average molecular weight is 498 g/mol. The topological polar surface area (TPSA) is 105 Å². The van der Waals surface area contributed by atoms with Crippen LogP contribution in [0.1, 0.15) is 20.7 Å². The van der Waals surface area contributed by atoms with Crippen molar-refractivity contribution in [3.8, 4) is 5.75 Å². The van der Waals surface area contributed by atoms with Gasteiger partial charge in [-0.1, -0.05) is 23.7 Å². The van der Waals surface area contributed by atoms with Gasteiger partial charge < -0.3 is 15.4 Å². The number of nitrogens with zero attached hydrogens (tertiary/aromatic N) is 2. The Morgan fingerprint density at radius 2 is 1.76 bits per heavy atom. The lowest BCUT2D eigenvalue weighted by atomic mass is 10.2. The molecule has 4 aromatic rings. The summed E-state index contributed by atoms with van der Waals surface area (Å²) in [5.41, 5.74) is 3.14. The highest BCUT2D eigenvalue weighted by molar-refractivity contribution is 7.80. The molecule has 3 N–H and O–H groups in total. The molecule has 0 atom stereocenters. The van der Waals surface area contributed by atoms with Crippen LogP contribution in [0.3, 0.4) is 0 Å². The van der Waals surface area contributed by atoms with Crippen LogP contribution in [0, 0.1) is 0 Å². The Morgan fingerprint density at radius 3 is 2.55 bits per heavy atom. The molecule has 0 bridgehead atoms. The number of aromatic nitrogens is 2. The van der Waals surface area contributed by atoms with E-state index >= 15 is 0 Å². The number of anilines is 2. The number of ether oxygens (including phenoxy) is 1. The number of hydrogen-bond donors (Lipinski definition) is 3. The first-order valence-corrected chi connectivity index (χ1v) is 11.0. The highest BCUT2D eigenvalue weighted by Gasteiger charge is 2.14. The first kappa shape index (κ1) is 22.6. The van der Waals surface area contributed by atoms with Crippen LogP contribution in [0.4, 0.5) is 11.4 Å². The van der Waals surface area contributed by atoms with Gasteiger partial charge in [-0.15, -0.1) is 0 Å². The van der Waals surface area contributed by atoms with E-state index in [4.69, 9.17) is 28.6 Å². The minimum atomic E-state index is -0.377. The highest BCUT2D eigenvalue weighted by Crippen LogP contribution is 2.29. The zero-order chi connectivity index (χ0) is 23.4. The van der Waals surface area contributed by atoms with Crippen LogP contribution in [0.15, 0.2) is 60.7 Å². The van der Waals surface area contributed by atoms with E-state index in [0.29, 0.717) is 38.8 Å². The normalized spacial score (nSPS) is 10.5. The van der Waals surface area contributed by atoms with Crippen molar-refractivity contribution in [3.05, 3.63) is 76.8 Å². The zero-order valence-corrected chi connectivity index (χ0v) is 19.5. The predicted octanol–water partition coefficient (Wildman–Crippen LogP) is 4.73. The smallest absolute Gasteiger partial charge is 0.257 e. The van der Waals surface area contributed by atoms with Gasteiger partial charge in [0.25, 0.3) is 11.8 Å². The lowest BCUT2D eigenvalue weighted by Gasteiger charge is -2.14. The second-order valence-corrected chi connectivity index (χ2v) is 8.07. The summed E-state index contributed by atoms with van der Waals surface area (Å²) < 4.78 is 13.6. The van der Waals surface area contributed by atoms with Crippen molar-refractivity contribution >= 4 is 74.9 Å². The van der Waals surface area contributed by atoms with Crippen LogP contribution in [0.2, 0.25) is 5.02 Å². The minimum absolute atomic E-state index is 0.103. The molecule has 0 fully saturated rings. The molecule has 1 heterocycles. The first-order valence-electron chi connectivity index (χ1n) is 9.53. The van der Waals surface area contributed by atoms with Crippen molar-refractivity contribution in [2.24, 2.45) is 0 Å². The summed E-state index contributed by atoms with van der Waals surface area (Å²) in [6, 6.07) is 16.8. The maximum Gasteiger partial charge on any atom is 0.257 e. The van der Waals surface area contributed by atoms with E-state index < -0.39 is 0 Å². The number of methoxy groups -OCH3 is 1. The summed E-state index contributed by atoms with van der Waals surface area (Å²) >= 11 is 12.4. The van der Waals surface area contributed by atoms with Gasteiger partial charge in [-0.3, -0.25) is 14.9 Å². The third-order valence-electron chi connectivity index (χ3n) is 4.57. The van der Waals surface area contributed by atoms with Gasteiger partial charge in [0.15, 0.2) is 5.11 Å². The molecule has 33 heavy (non-hydrogen) atoms. The molecule has 3 aromatic carbocycles. The zero-order valence-electron chi connectivity index (χ0n) is 17.1. The summed E-state index contributed by atoms with van der Waals surface area (Å²) in [4.78, 5) is 25.0. The summed E-state index contributed by atoms with van der Waals surface area (Å²) in [5, 5.41) is 8.78. The van der Waals surface area contributed by atoms with Crippen molar-refractivity contribution < 1.29 is 14.3 Å². The van der Waals surface area contributed by atoms with Gasteiger partial charge in [0.05, 0.1) is 35.1 Å². The molecule has 0 aliphatic heterocycles. The molecule has 166 valence electrons. The van der Waals surface area contributed by atoms with Gasteiger partial charge in [0, 0.05) is 17.3 Å². The van der Waals surface area contributed by atoms with Crippen LogP contribution in [-0.2, 0) is 0 Å². The Labute approximate surface area is 203 Å². The van der Waals surface area contributed by atoms with Crippen molar-refractivity contribution in [1.82, 2.24) is 14.1 Å². The first-order chi connectivity index (χ1) is 15.9. The molecule has 11 heteroatoms. The molecule has 1 aromatic heterocycles. The molecule has 0 aliphatic rings. The maximum absolute atomic E-state index is 12.5. The SMILES string of the molecule is COc1cc(NC(=S)NC(=O)c2ccc3nsnc3c2)ccc1NC(=O)c1ccccc1Cl. The summed E-state index contributed by atoms with van der Waals surface area (Å²) in [5.74, 6) is -0.344. The van der Waals surface area contributed by atoms with E-state index in [2.05, 4.69) is 24.7 Å². The molecule has 4 rings (SSSR count). The van der Waals surface area contributed by atoms with E-state index in [-0.39, 0.29) is 16.9 Å². The van der Waals surface area contributed by atoms with Crippen molar-refractivity contribution in [1.29, 1.82) is 0 Å². The number of thiocarbonyl (C=S) groups is 1. The fourth-order valence-electron chi connectivity index (χ4n) is 2.97. The lowest BCUT2D eigenvalue weighted by molar-refractivity contribution is 0.0976. The third-order valence-corrected chi connectivity index (χ3v) is 5.66. The van der Waals surface area contributed by atoms with Crippen LogP contribution < -0.4 is 20.7 Å². The monoisotopic (exact) mass is 497 g/mol. The number of halogens is 1. The Hall–Kier alpha value is -3.60. The number of nitrogens with one attached hydrogen (secondary N) is 3. The number of fused-ring (bicyclic) bond motifs is 1. The quantitative estimate of drug-likeness (QED) is 0.342. The predicted molar refractivity (Wildman–Crippen MR) is 134 cm³/mol. The molecular formula is C22H16ClN5O3S2. The molecule has 0 aliphatic carbocycles. The van der Waals surface area contributed by atoms with Gasteiger partial charge in [-0.25, -0.2) is 0 Å². The van der Waals surface area contributed by atoms with Crippen molar-refractivity contribution in [3.63, 3.8) is 0 Å². The molecule has 0 unspecified atom stereocenters. The fourth-order valence-corrected chi connectivity index (χ4v) is 3.92. The Morgan fingerprint density at radius 1 is 0.970 bits per heavy atom. The molecule has 0 radical (unpaired) electrons. The average Bonchev–Trinajstić information content (AvgIpc) is 3.28. The third kappa shape index (κ3) is 5.25. The lowest BCUT2D eigenvalue weighted by Crippen LogP contribution is -2.34. The molecule has 8 nitrogen and oxygen atoms in total. The molecular weight excluding hydrogens is 482 g/mol. The van der Waals surface area contributed by atoms with Crippen LogP contribution in [-0.4, -0.2) is 32.8 Å². The summed E-state index contributed by atoms with van der Waals surface area (Å²) in [7, 11) is 1.48. The van der Waals surface area contributed by atoms with Gasteiger partial charge >= 0.3 is 0 Å². The fraction of sp³-hybridized carbons (Fsp3) is 0.0455. The van der Waals surface area contributed by atoms with E-state index in [1.807, 2.05) is 0 Å². The Kier molecular flexibility index (Phi) is 6.78. The van der Waals surface area contributed by atoms with Gasteiger partial charge in [-0.05, 0) is 54.7 Å². The molecule has 0 saturated carbocycles. The van der Waals surface area contributed by atoms with Crippen molar-refractivity contribution in [2.45, 2.75) is 0 Å². The number of carbonyl (C=O) groups excluding carboxylic acids is 2. The molecule has 2 amide bonds. The second kappa shape index (κ2) is 9.90. The second-order valence-electron chi connectivity index (χ2n) is 6.72. The van der Waals surface area contributed by atoms with E-state index in [1.54, 1.807) is 60.7 Å².